The summed E-state index contributed by atoms with van der Waals surface area (Å²) in [4.78, 5) is 25.2. The second kappa shape index (κ2) is 8.26. The van der Waals surface area contributed by atoms with Crippen LogP contribution in [0.5, 0.6) is 0 Å². The molecule has 2 aromatic rings. The largest absolute Gasteiger partial charge is 0.465 e. The van der Waals surface area contributed by atoms with Gasteiger partial charge in [-0.15, -0.1) is 0 Å². The summed E-state index contributed by atoms with van der Waals surface area (Å²) in [5.74, 6) is -0.582. The van der Waals surface area contributed by atoms with E-state index >= 15 is 0 Å². The van der Waals surface area contributed by atoms with Crippen molar-refractivity contribution in [2.75, 3.05) is 27.7 Å². The fourth-order valence-electron chi connectivity index (χ4n) is 2.46. The van der Waals surface area contributed by atoms with E-state index in [1.54, 1.807) is 24.3 Å². The Morgan fingerprint density at radius 2 is 1.58 bits per heavy atom. The van der Waals surface area contributed by atoms with E-state index in [-0.39, 0.29) is 11.9 Å². The number of carbonyl (C=O) groups is 2. The fourth-order valence-corrected chi connectivity index (χ4v) is 2.46. The molecule has 24 heavy (non-hydrogen) atoms. The highest BCUT2D eigenvalue weighted by Gasteiger charge is 2.18. The Hall–Kier alpha value is -2.66. The third-order valence-corrected chi connectivity index (χ3v) is 3.69. The van der Waals surface area contributed by atoms with Crippen molar-refractivity contribution in [1.82, 2.24) is 5.32 Å². The average Bonchev–Trinajstić information content (AvgIpc) is 2.61. The molecule has 0 saturated heterocycles. The highest BCUT2D eigenvalue weighted by atomic mass is 16.5. The van der Waals surface area contributed by atoms with E-state index in [9.17, 15) is 9.59 Å². The van der Waals surface area contributed by atoms with Gasteiger partial charge in [-0.25, -0.2) is 4.79 Å². The smallest absolute Gasteiger partial charge is 0.337 e. The van der Waals surface area contributed by atoms with E-state index in [4.69, 9.17) is 0 Å². The third-order valence-electron chi connectivity index (χ3n) is 3.69. The summed E-state index contributed by atoms with van der Waals surface area (Å²) in [5.41, 5.74) is 2.00. The molecule has 0 bridgehead atoms. The van der Waals surface area contributed by atoms with E-state index in [0.29, 0.717) is 11.1 Å². The molecule has 126 valence electrons. The Labute approximate surface area is 142 Å². The van der Waals surface area contributed by atoms with Gasteiger partial charge in [-0.2, -0.15) is 0 Å². The highest BCUT2D eigenvalue weighted by molar-refractivity contribution is 5.96. The number of rotatable bonds is 6. The number of quaternary nitrogens is 1. The van der Waals surface area contributed by atoms with Crippen LogP contribution in [-0.2, 0) is 4.74 Å². The van der Waals surface area contributed by atoms with Crippen molar-refractivity contribution in [2.24, 2.45) is 0 Å². The zero-order valence-electron chi connectivity index (χ0n) is 14.2. The van der Waals surface area contributed by atoms with Gasteiger partial charge < -0.3 is 15.0 Å². The first-order valence-corrected chi connectivity index (χ1v) is 7.84. The van der Waals surface area contributed by atoms with Gasteiger partial charge in [0.25, 0.3) is 5.91 Å². The van der Waals surface area contributed by atoms with Crippen LogP contribution in [0.1, 0.15) is 32.3 Å². The second-order valence-electron chi connectivity index (χ2n) is 5.92. The number of hydrogen-bond donors (Lipinski definition) is 2. The van der Waals surface area contributed by atoms with Crippen molar-refractivity contribution >= 4 is 11.9 Å². The van der Waals surface area contributed by atoms with E-state index < -0.39 is 5.97 Å². The van der Waals surface area contributed by atoms with Crippen molar-refractivity contribution in [3.05, 3.63) is 71.3 Å². The Morgan fingerprint density at radius 3 is 2.12 bits per heavy atom. The number of methoxy groups -OCH3 is 1. The Morgan fingerprint density at radius 1 is 1.00 bits per heavy atom. The van der Waals surface area contributed by atoms with Gasteiger partial charge >= 0.3 is 5.97 Å². The van der Waals surface area contributed by atoms with Crippen LogP contribution in [0.25, 0.3) is 0 Å². The molecule has 1 atom stereocenters. The Kier molecular flexibility index (Phi) is 6.09. The Bertz CT molecular complexity index is 682. The normalized spacial score (nSPS) is 11.8. The van der Waals surface area contributed by atoms with Gasteiger partial charge in [0.05, 0.1) is 26.8 Å². The lowest BCUT2D eigenvalue weighted by molar-refractivity contribution is -0.860. The lowest BCUT2D eigenvalue weighted by Crippen LogP contribution is -3.06. The number of nitrogens with one attached hydrogen (secondary N) is 2. The molecule has 0 saturated carbocycles. The molecule has 0 fully saturated rings. The molecule has 0 heterocycles. The van der Waals surface area contributed by atoms with Crippen molar-refractivity contribution in [1.29, 1.82) is 0 Å². The molecule has 0 aliphatic carbocycles. The first-order valence-electron chi connectivity index (χ1n) is 7.84. The van der Waals surface area contributed by atoms with Crippen LogP contribution in [0.15, 0.2) is 54.6 Å². The zero-order valence-corrected chi connectivity index (χ0v) is 14.2. The second-order valence-corrected chi connectivity index (χ2v) is 5.92. The van der Waals surface area contributed by atoms with Gasteiger partial charge in [0, 0.05) is 5.56 Å². The summed E-state index contributed by atoms with van der Waals surface area (Å²) in [5, 5.41) is 3.07. The van der Waals surface area contributed by atoms with Crippen LogP contribution in [0.2, 0.25) is 0 Å². The number of benzene rings is 2. The van der Waals surface area contributed by atoms with Gasteiger partial charge in [-0.3, -0.25) is 4.79 Å². The lowest BCUT2D eigenvalue weighted by atomic mass is 10.1. The number of carbonyl (C=O) groups excluding carboxylic acids is 2. The van der Waals surface area contributed by atoms with Gasteiger partial charge in [-0.1, -0.05) is 30.3 Å². The lowest BCUT2D eigenvalue weighted by Gasteiger charge is -2.21. The molecule has 5 nitrogen and oxygen atoms in total. The van der Waals surface area contributed by atoms with Gasteiger partial charge in [0.2, 0.25) is 0 Å². The van der Waals surface area contributed by atoms with Crippen LogP contribution >= 0.6 is 0 Å². The molecule has 1 amide bonds. The zero-order chi connectivity index (χ0) is 17.5. The van der Waals surface area contributed by atoms with E-state index in [0.717, 1.165) is 12.1 Å². The van der Waals surface area contributed by atoms with E-state index in [1.807, 2.05) is 44.4 Å². The molecule has 0 aliphatic rings. The molecule has 0 unspecified atom stereocenters. The maximum Gasteiger partial charge on any atom is 0.337 e. The van der Waals surface area contributed by atoms with Crippen molar-refractivity contribution in [3.8, 4) is 0 Å². The summed E-state index contributed by atoms with van der Waals surface area (Å²) in [6.07, 6.45) is 0. The number of amides is 1. The molecule has 0 aliphatic heterocycles. The van der Waals surface area contributed by atoms with Gasteiger partial charge in [0.15, 0.2) is 0 Å². The van der Waals surface area contributed by atoms with E-state index in [2.05, 4.69) is 10.1 Å². The van der Waals surface area contributed by atoms with Crippen LogP contribution in [-0.4, -0.2) is 39.6 Å². The maximum absolute atomic E-state index is 12.5. The standard InChI is InChI=1S/C19H22N2O3/c1-21(2)13-17(14-7-5-4-6-8-14)20-18(22)15-9-11-16(12-10-15)19(23)24-3/h4-12,17H,13H2,1-3H3,(H,20,22)/p+1/t17-/m1/s1. The third kappa shape index (κ3) is 4.67. The van der Waals surface area contributed by atoms with Crippen molar-refractivity contribution in [3.63, 3.8) is 0 Å². The maximum atomic E-state index is 12.5. The molecular weight excluding hydrogens is 304 g/mol. The van der Waals surface area contributed by atoms with Crippen molar-refractivity contribution in [2.45, 2.75) is 6.04 Å². The Balaban J connectivity index is 2.14. The summed E-state index contributed by atoms with van der Waals surface area (Å²) in [7, 11) is 5.43. The summed E-state index contributed by atoms with van der Waals surface area (Å²) >= 11 is 0. The minimum absolute atomic E-state index is 0.0796. The molecule has 2 N–H and O–H groups in total. The molecule has 2 aromatic carbocycles. The quantitative estimate of drug-likeness (QED) is 0.781. The fraction of sp³-hybridized carbons (Fsp3) is 0.263. The van der Waals surface area contributed by atoms with Crippen LogP contribution < -0.4 is 10.2 Å². The number of esters is 1. The molecule has 2 rings (SSSR count). The predicted octanol–water partition coefficient (Wildman–Crippen LogP) is 1.09. The molecule has 0 spiro atoms. The van der Waals surface area contributed by atoms with Gasteiger partial charge in [0.1, 0.15) is 12.6 Å². The van der Waals surface area contributed by atoms with Crippen molar-refractivity contribution < 1.29 is 19.2 Å². The first-order chi connectivity index (χ1) is 11.5. The molecule has 5 heteroatoms. The minimum atomic E-state index is -0.416. The first kappa shape index (κ1) is 17.7. The molecule has 0 aromatic heterocycles. The monoisotopic (exact) mass is 327 g/mol. The minimum Gasteiger partial charge on any atom is -0.465 e. The van der Waals surface area contributed by atoms with Gasteiger partial charge in [-0.05, 0) is 29.8 Å². The average molecular weight is 327 g/mol. The van der Waals surface area contributed by atoms with Crippen LogP contribution in [0.4, 0.5) is 0 Å². The SMILES string of the molecule is COC(=O)c1ccc(C(=O)N[C@H](C[NH+](C)C)c2ccccc2)cc1. The van der Waals surface area contributed by atoms with Crippen LogP contribution in [0.3, 0.4) is 0 Å². The van der Waals surface area contributed by atoms with Crippen LogP contribution in [0, 0.1) is 0 Å². The van der Waals surface area contributed by atoms with E-state index in [1.165, 1.54) is 12.0 Å². The topological polar surface area (TPSA) is 59.8 Å². The summed E-state index contributed by atoms with van der Waals surface area (Å²) < 4.78 is 4.66. The summed E-state index contributed by atoms with van der Waals surface area (Å²) in [6.45, 7) is 0.774. The number of ether oxygens (including phenoxy) is 1. The molecular formula is C19H23N2O3+. The predicted molar refractivity (Wildman–Crippen MR) is 92.1 cm³/mol. The molecule has 0 radical (unpaired) electrons. The summed E-state index contributed by atoms with van der Waals surface area (Å²) in [6, 6.07) is 16.3. The number of hydrogen-bond acceptors (Lipinski definition) is 3. The number of likely N-dealkylation sites (N-methyl/N-ethyl adjacent to an activating group) is 1. The highest BCUT2D eigenvalue weighted by Crippen LogP contribution is 2.13.